The molecule has 1 aliphatic rings. The summed E-state index contributed by atoms with van der Waals surface area (Å²) in [4.78, 5) is 10.5. The molecule has 0 aromatic rings. The molecule has 1 rings (SSSR count). The van der Waals surface area contributed by atoms with E-state index in [1.54, 1.807) is 0 Å². The second-order valence-corrected chi connectivity index (χ2v) is 2.74. The van der Waals surface area contributed by atoms with Crippen LogP contribution >= 0.6 is 12.4 Å². The van der Waals surface area contributed by atoms with Crippen LogP contribution in [0.2, 0.25) is 0 Å². The van der Waals surface area contributed by atoms with Gasteiger partial charge in [0.1, 0.15) is 0 Å². The summed E-state index contributed by atoms with van der Waals surface area (Å²) >= 11 is 0. The van der Waals surface area contributed by atoms with Gasteiger partial charge in [-0.25, -0.2) is 0 Å². The minimum absolute atomic E-state index is 0. The van der Waals surface area contributed by atoms with Crippen molar-refractivity contribution in [1.29, 1.82) is 0 Å². The summed E-state index contributed by atoms with van der Waals surface area (Å²) in [5.74, 6) is -0.808. The van der Waals surface area contributed by atoms with E-state index in [-0.39, 0.29) is 18.3 Å². The summed E-state index contributed by atoms with van der Waals surface area (Å²) in [5, 5.41) is 11.7. The largest absolute Gasteiger partial charge is 0.481 e. The standard InChI is InChI=1S/C7H13NO2.ClH/c9-7(10)6-3-1-2-4-8-5-6;/h6,8H,1-5H2,(H,9,10);1H. The Bertz CT molecular complexity index is 122. The number of carbonyl (C=O) groups is 1. The third-order valence-electron chi connectivity index (χ3n) is 1.90. The Kier molecular flexibility index (Phi) is 5.24. The molecule has 1 aliphatic heterocycles. The molecule has 0 aromatic heterocycles. The minimum atomic E-state index is -0.658. The van der Waals surface area contributed by atoms with E-state index in [2.05, 4.69) is 5.32 Å². The summed E-state index contributed by atoms with van der Waals surface area (Å²) < 4.78 is 0. The highest BCUT2D eigenvalue weighted by atomic mass is 35.5. The average Bonchev–Trinajstić information content (AvgIpc) is 2.12. The Hall–Kier alpha value is -0.280. The topological polar surface area (TPSA) is 49.3 Å². The van der Waals surface area contributed by atoms with Gasteiger partial charge in [-0.05, 0) is 19.4 Å². The SMILES string of the molecule is Cl.O=C(O)C1CCCCNC1. The lowest BCUT2D eigenvalue weighted by molar-refractivity contribution is -0.141. The maximum absolute atomic E-state index is 10.5. The van der Waals surface area contributed by atoms with Crippen LogP contribution in [-0.2, 0) is 4.79 Å². The monoisotopic (exact) mass is 179 g/mol. The molecule has 1 heterocycles. The molecule has 1 unspecified atom stereocenters. The second-order valence-electron chi connectivity index (χ2n) is 2.74. The summed E-state index contributed by atoms with van der Waals surface area (Å²) in [7, 11) is 0. The quantitative estimate of drug-likeness (QED) is 0.629. The van der Waals surface area contributed by atoms with E-state index in [1.165, 1.54) is 0 Å². The van der Waals surface area contributed by atoms with Crippen LogP contribution in [0.3, 0.4) is 0 Å². The van der Waals surface area contributed by atoms with Crippen molar-refractivity contribution in [3.05, 3.63) is 0 Å². The van der Waals surface area contributed by atoms with Gasteiger partial charge in [0, 0.05) is 6.54 Å². The van der Waals surface area contributed by atoms with Crippen molar-refractivity contribution in [3.63, 3.8) is 0 Å². The molecule has 4 heteroatoms. The number of hydrogen-bond donors (Lipinski definition) is 2. The molecule has 2 N–H and O–H groups in total. The van der Waals surface area contributed by atoms with Crippen molar-refractivity contribution in [2.75, 3.05) is 13.1 Å². The fourth-order valence-electron chi connectivity index (χ4n) is 1.23. The molecule has 11 heavy (non-hydrogen) atoms. The van der Waals surface area contributed by atoms with E-state index in [9.17, 15) is 4.79 Å². The van der Waals surface area contributed by atoms with Crippen LogP contribution in [0.25, 0.3) is 0 Å². The van der Waals surface area contributed by atoms with Crippen molar-refractivity contribution < 1.29 is 9.90 Å². The van der Waals surface area contributed by atoms with Crippen molar-refractivity contribution in [3.8, 4) is 0 Å². The maximum Gasteiger partial charge on any atom is 0.307 e. The molecule has 0 aromatic carbocycles. The van der Waals surface area contributed by atoms with Gasteiger partial charge in [-0.3, -0.25) is 4.79 Å². The number of hydrogen-bond acceptors (Lipinski definition) is 2. The Labute approximate surface area is 72.6 Å². The molecule has 1 saturated heterocycles. The predicted octanol–water partition coefficient (Wildman–Crippen LogP) is 0.882. The Morgan fingerprint density at radius 2 is 2.18 bits per heavy atom. The Balaban J connectivity index is 0.000001000. The highest BCUT2D eigenvalue weighted by molar-refractivity contribution is 5.85. The van der Waals surface area contributed by atoms with E-state index < -0.39 is 5.97 Å². The molecule has 0 aliphatic carbocycles. The van der Waals surface area contributed by atoms with Gasteiger partial charge >= 0.3 is 5.97 Å². The highest BCUT2D eigenvalue weighted by Crippen LogP contribution is 2.10. The third-order valence-corrected chi connectivity index (χ3v) is 1.90. The van der Waals surface area contributed by atoms with Crippen molar-refractivity contribution in [2.24, 2.45) is 5.92 Å². The molecule has 0 bridgehead atoms. The normalized spacial score (nSPS) is 24.9. The predicted molar refractivity (Wildman–Crippen MR) is 45.1 cm³/mol. The highest BCUT2D eigenvalue weighted by Gasteiger charge is 2.17. The van der Waals surface area contributed by atoms with Crippen molar-refractivity contribution in [2.45, 2.75) is 19.3 Å². The van der Waals surface area contributed by atoms with Gasteiger partial charge in [-0.15, -0.1) is 12.4 Å². The molecule has 3 nitrogen and oxygen atoms in total. The van der Waals surface area contributed by atoms with Gasteiger partial charge in [0.15, 0.2) is 0 Å². The van der Waals surface area contributed by atoms with E-state index in [0.29, 0.717) is 6.54 Å². The molecule has 0 amide bonds. The Morgan fingerprint density at radius 3 is 2.82 bits per heavy atom. The zero-order chi connectivity index (χ0) is 7.40. The third kappa shape index (κ3) is 3.58. The molecule has 0 saturated carbocycles. The molecule has 66 valence electrons. The smallest absolute Gasteiger partial charge is 0.307 e. The molecule has 0 spiro atoms. The fourth-order valence-corrected chi connectivity index (χ4v) is 1.23. The van der Waals surface area contributed by atoms with Crippen LogP contribution in [0.4, 0.5) is 0 Å². The van der Waals surface area contributed by atoms with Gasteiger partial charge in [0.25, 0.3) is 0 Å². The summed E-state index contributed by atoms with van der Waals surface area (Å²) in [6, 6.07) is 0. The lowest BCUT2D eigenvalue weighted by Crippen LogP contribution is -2.26. The summed E-state index contributed by atoms with van der Waals surface area (Å²) in [5.41, 5.74) is 0. The van der Waals surface area contributed by atoms with Gasteiger partial charge in [-0.2, -0.15) is 0 Å². The van der Waals surface area contributed by atoms with Crippen molar-refractivity contribution >= 4 is 18.4 Å². The van der Waals surface area contributed by atoms with Crippen molar-refractivity contribution in [1.82, 2.24) is 5.32 Å². The molecule has 1 fully saturated rings. The first-order chi connectivity index (χ1) is 4.80. The first-order valence-electron chi connectivity index (χ1n) is 3.74. The van der Waals surface area contributed by atoms with E-state index in [0.717, 1.165) is 25.8 Å². The number of carboxylic acid groups (broad SMARTS) is 1. The van der Waals surface area contributed by atoms with E-state index >= 15 is 0 Å². The average molecular weight is 180 g/mol. The zero-order valence-electron chi connectivity index (χ0n) is 6.38. The molecule has 0 radical (unpaired) electrons. The number of carboxylic acids is 1. The lowest BCUT2D eigenvalue weighted by Gasteiger charge is -2.06. The van der Waals surface area contributed by atoms with Gasteiger partial charge in [0.05, 0.1) is 5.92 Å². The first kappa shape index (κ1) is 10.7. The van der Waals surface area contributed by atoms with Crippen LogP contribution in [0.15, 0.2) is 0 Å². The molecular formula is C7H14ClNO2. The van der Waals surface area contributed by atoms with Gasteiger partial charge in [-0.1, -0.05) is 6.42 Å². The molecule has 1 atom stereocenters. The number of rotatable bonds is 1. The Morgan fingerprint density at radius 1 is 1.45 bits per heavy atom. The van der Waals surface area contributed by atoms with E-state index in [1.807, 2.05) is 0 Å². The first-order valence-corrected chi connectivity index (χ1v) is 3.74. The van der Waals surface area contributed by atoms with Crippen LogP contribution < -0.4 is 5.32 Å². The minimum Gasteiger partial charge on any atom is -0.481 e. The van der Waals surface area contributed by atoms with Gasteiger partial charge in [0.2, 0.25) is 0 Å². The fraction of sp³-hybridized carbons (Fsp3) is 0.857. The van der Waals surface area contributed by atoms with Crippen LogP contribution in [0.1, 0.15) is 19.3 Å². The van der Waals surface area contributed by atoms with Gasteiger partial charge < -0.3 is 10.4 Å². The van der Waals surface area contributed by atoms with E-state index in [4.69, 9.17) is 5.11 Å². The number of aliphatic carboxylic acids is 1. The van der Waals surface area contributed by atoms with Crippen LogP contribution in [-0.4, -0.2) is 24.2 Å². The molecular weight excluding hydrogens is 166 g/mol. The number of halogens is 1. The zero-order valence-corrected chi connectivity index (χ0v) is 7.19. The number of nitrogens with one attached hydrogen (secondary N) is 1. The van der Waals surface area contributed by atoms with Crippen LogP contribution in [0.5, 0.6) is 0 Å². The summed E-state index contributed by atoms with van der Waals surface area (Å²) in [6.07, 6.45) is 3.00. The lowest BCUT2D eigenvalue weighted by atomic mass is 10.0. The maximum atomic E-state index is 10.5. The second kappa shape index (κ2) is 5.38. The summed E-state index contributed by atoms with van der Waals surface area (Å²) in [6.45, 7) is 1.62. The van der Waals surface area contributed by atoms with Crippen LogP contribution in [0, 0.1) is 5.92 Å².